The van der Waals surface area contributed by atoms with Gasteiger partial charge in [-0.2, -0.15) is 0 Å². The summed E-state index contributed by atoms with van der Waals surface area (Å²) in [6.07, 6.45) is 4.36. The Bertz CT molecular complexity index is 1300. The van der Waals surface area contributed by atoms with Crippen LogP contribution in [0, 0.1) is 0 Å². The number of aryl methyl sites for hydroxylation is 1. The van der Waals surface area contributed by atoms with Gasteiger partial charge in [-0.05, 0) is 50.3 Å². The highest BCUT2D eigenvalue weighted by Gasteiger charge is 2.28. The zero-order chi connectivity index (χ0) is 22.2. The number of pyridine rings is 1. The molecule has 8 heteroatoms. The lowest BCUT2D eigenvalue weighted by Crippen LogP contribution is -2.33. The van der Waals surface area contributed by atoms with Gasteiger partial charge in [0.2, 0.25) is 0 Å². The van der Waals surface area contributed by atoms with Crippen molar-refractivity contribution in [3.63, 3.8) is 0 Å². The van der Waals surface area contributed by atoms with Gasteiger partial charge in [0.25, 0.3) is 11.5 Å². The predicted molar refractivity (Wildman–Crippen MR) is 123 cm³/mol. The molecule has 5 rings (SSSR count). The third-order valence-electron chi connectivity index (χ3n) is 6.40. The summed E-state index contributed by atoms with van der Waals surface area (Å²) >= 11 is 0. The van der Waals surface area contributed by atoms with Crippen LogP contribution in [-0.4, -0.2) is 33.5 Å². The zero-order valence-corrected chi connectivity index (χ0v) is 18.2. The molecule has 2 fully saturated rings. The summed E-state index contributed by atoms with van der Waals surface area (Å²) in [6.45, 7) is 4.58. The van der Waals surface area contributed by atoms with Crippen LogP contribution in [0.1, 0.15) is 60.1 Å². The maximum Gasteiger partial charge on any atom is 0.329 e. The van der Waals surface area contributed by atoms with E-state index in [1.54, 1.807) is 6.07 Å². The van der Waals surface area contributed by atoms with Crippen LogP contribution in [0.15, 0.2) is 39.9 Å². The van der Waals surface area contributed by atoms with E-state index >= 15 is 0 Å². The topological polar surface area (TPSA) is 100 Å². The van der Waals surface area contributed by atoms with Crippen molar-refractivity contribution in [2.45, 2.75) is 51.6 Å². The molecule has 32 heavy (non-hydrogen) atoms. The Kier molecular flexibility index (Phi) is 5.28. The Morgan fingerprint density at radius 1 is 1.19 bits per heavy atom. The van der Waals surface area contributed by atoms with Crippen molar-refractivity contribution in [3.8, 4) is 0 Å². The smallest absolute Gasteiger partial charge is 0.329 e. The minimum absolute atomic E-state index is 0.168. The van der Waals surface area contributed by atoms with Gasteiger partial charge in [0.05, 0.1) is 10.9 Å². The molecule has 3 aromatic rings. The summed E-state index contributed by atoms with van der Waals surface area (Å²) < 4.78 is 1.42. The number of aromatic nitrogens is 3. The lowest BCUT2D eigenvalue weighted by molar-refractivity contribution is 0.0952. The van der Waals surface area contributed by atoms with Crippen LogP contribution in [0.25, 0.3) is 11.0 Å². The first-order valence-electron chi connectivity index (χ1n) is 11.4. The summed E-state index contributed by atoms with van der Waals surface area (Å²) in [7, 11) is 0. The summed E-state index contributed by atoms with van der Waals surface area (Å²) in [5, 5.41) is 3.17. The average molecular weight is 434 g/mol. The van der Waals surface area contributed by atoms with Crippen LogP contribution in [0.2, 0.25) is 0 Å². The molecule has 2 aromatic heterocycles. The van der Waals surface area contributed by atoms with Gasteiger partial charge in [-0.15, -0.1) is 0 Å². The Balaban J connectivity index is 1.52. The number of fused-ring (bicyclic) bond motifs is 1. The molecule has 1 saturated carbocycles. The van der Waals surface area contributed by atoms with E-state index in [-0.39, 0.29) is 28.4 Å². The van der Waals surface area contributed by atoms with Gasteiger partial charge in [0.15, 0.2) is 5.65 Å². The molecule has 3 heterocycles. The first-order chi connectivity index (χ1) is 15.6. The summed E-state index contributed by atoms with van der Waals surface area (Å²) in [5.41, 5.74) is 2.44. The van der Waals surface area contributed by atoms with Crippen molar-refractivity contribution in [2.75, 3.05) is 18.0 Å². The Hall–Kier alpha value is -3.42. The van der Waals surface area contributed by atoms with Gasteiger partial charge in [-0.25, -0.2) is 9.78 Å². The molecule has 0 atom stereocenters. The monoisotopic (exact) mass is 433 g/mol. The SMILES string of the molecule is CCn1c(=O)[nH]c(=O)c2c(C(=O)NCc3ccccc3N3CCCC3)cc(C3CC3)nc21. The lowest BCUT2D eigenvalue weighted by Gasteiger charge is -2.21. The molecule has 0 radical (unpaired) electrons. The molecule has 1 aliphatic heterocycles. The first-order valence-corrected chi connectivity index (χ1v) is 11.4. The fourth-order valence-corrected chi connectivity index (χ4v) is 4.55. The van der Waals surface area contributed by atoms with E-state index in [0.29, 0.717) is 13.1 Å². The van der Waals surface area contributed by atoms with E-state index < -0.39 is 11.2 Å². The Labute approximate surface area is 185 Å². The molecule has 0 spiro atoms. The van der Waals surface area contributed by atoms with E-state index in [0.717, 1.165) is 42.9 Å². The number of para-hydroxylation sites is 1. The van der Waals surface area contributed by atoms with Crippen molar-refractivity contribution in [2.24, 2.45) is 0 Å². The van der Waals surface area contributed by atoms with Crippen molar-refractivity contribution in [1.29, 1.82) is 0 Å². The van der Waals surface area contributed by atoms with Crippen LogP contribution in [0.5, 0.6) is 0 Å². The van der Waals surface area contributed by atoms with Gasteiger partial charge in [0, 0.05) is 43.5 Å². The van der Waals surface area contributed by atoms with Gasteiger partial charge in [0.1, 0.15) is 0 Å². The van der Waals surface area contributed by atoms with E-state index in [2.05, 4.69) is 26.3 Å². The maximum atomic E-state index is 13.3. The van der Waals surface area contributed by atoms with E-state index in [4.69, 9.17) is 0 Å². The third-order valence-corrected chi connectivity index (χ3v) is 6.40. The lowest BCUT2D eigenvalue weighted by atomic mass is 10.1. The number of nitrogens with zero attached hydrogens (tertiary/aromatic N) is 3. The number of rotatable bonds is 6. The minimum atomic E-state index is -0.577. The van der Waals surface area contributed by atoms with Crippen LogP contribution >= 0.6 is 0 Å². The minimum Gasteiger partial charge on any atom is -0.371 e. The molecule has 8 nitrogen and oxygen atoms in total. The van der Waals surface area contributed by atoms with Crippen molar-refractivity contribution in [1.82, 2.24) is 19.9 Å². The number of carbonyl (C=O) groups excluding carboxylic acids is 1. The second kappa shape index (κ2) is 8.26. The largest absolute Gasteiger partial charge is 0.371 e. The summed E-state index contributed by atoms with van der Waals surface area (Å²) in [6, 6.07) is 9.82. The molecular formula is C24H27N5O3. The van der Waals surface area contributed by atoms with Crippen LogP contribution < -0.4 is 21.5 Å². The molecule has 2 aliphatic rings. The van der Waals surface area contributed by atoms with E-state index in [1.165, 1.54) is 17.4 Å². The third kappa shape index (κ3) is 3.70. The zero-order valence-electron chi connectivity index (χ0n) is 18.2. The standard InChI is InChI=1S/C24H27N5O3/c1-2-29-21-20(23(31)27-24(29)32)17(13-18(26-21)15-9-10-15)22(30)25-14-16-7-3-4-8-19(16)28-11-5-6-12-28/h3-4,7-8,13,15H,2,5-6,9-12,14H2,1H3,(H,25,30)(H,27,31,32). The Morgan fingerprint density at radius 3 is 2.66 bits per heavy atom. The van der Waals surface area contributed by atoms with Gasteiger partial charge >= 0.3 is 5.69 Å². The normalized spacial score (nSPS) is 16.0. The highest BCUT2D eigenvalue weighted by atomic mass is 16.2. The molecule has 0 bridgehead atoms. The highest BCUT2D eigenvalue weighted by molar-refractivity contribution is 6.05. The molecule has 0 unspecified atom stereocenters. The van der Waals surface area contributed by atoms with E-state index in [1.807, 2.05) is 25.1 Å². The number of aromatic amines is 1. The fraction of sp³-hybridized carbons (Fsp3) is 0.417. The predicted octanol–water partition coefficient (Wildman–Crippen LogP) is 2.51. The molecule has 1 saturated heterocycles. The number of hydrogen-bond acceptors (Lipinski definition) is 5. The summed E-state index contributed by atoms with van der Waals surface area (Å²) in [5.74, 6) is -0.0520. The fourth-order valence-electron chi connectivity index (χ4n) is 4.55. The van der Waals surface area contributed by atoms with Gasteiger partial charge in [-0.1, -0.05) is 18.2 Å². The highest BCUT2D eigenvalue weighted by Crippen LogP contribution is 2.39. The Morgan fingerprint density at radius 2 is 1.94 bits per heavy atom. The number of nitrogens with one attached hydrogen (secondary N) is 2. The number of anilines is 1. The van der Waals surface area contributed by atoms with E-state index in [9.17, 15) is 14.4 Å². The molecule has 1 aromatic carbocycles. The molecule has 2 N–H and O–H groups in total. The van der Waals surface area contributed by atoms with Crippen LogP contribution in [0.4, 0.5) is 5.69 Å². The molecular weight excluding hydrogens is 406 g/mol. The van der Waals surface area contributed by atoms with Crippen molar-refractivity contribution in [3.05, 3.63) is 68.0 Å². The first kappa shape index (κ1) is 20.5. The molecule has 1 aliphatic carbocycles. The number of hydrogen-bond donors (Lipinski definition) is 2. The number of benzene rings is 1. The van der Waals surface area contributed by atoms with Crippen molar-refractivity contribution < 1.29 is 4.79 Å². The average Bonchev–Trinajstić information content (AvgIpc) is 3.51. The van der Waals surface area contributed by atoms with Crippen LogP contribution in [0.3, 0.4) is 0 Å². The molecule has 1 amide bonds. The maximum absolute atomic E-state index is 13.3. The van der Waals surface area contributed by atoms with Gasteiger partial charge in [-0.3, -0.25) is 19.1 Å². The van der Waals surface area contributed by atoms with Gasteiger partial charge < -0.3 is 10.2 Å². The van der Waals surface area contributed by atoms with Crippen LogP contribution in [-0.2, 0) is 13.1 Å². The van der Waals surface area contributed by atoms with Crippen molar-refractivity contribution >= 4 is 22.6 Å². The second-order valence-electron chi connectivity index (χ2n) is 8.58. The quantitative estimate of drug-likeness (QED) is 0.622. The number of amides is 1. The summed E-state index contributed by atoms with van der Waals surface area (Å²) in [4.78, 5) is 47.6. The molecule has 166 valence electrons. The number of H-pyrrole nitrogens is 1. The number of carbonyl (C=O) groups is 1. The second-order valence-corrected chi connectivity index (χ2v) is 8.58.